The molecule has 0 saturated carbocycles. The number of H-pyrrole nitrogens is 1. The third kappa shape index (κ3) is 2.25. The van der Waals surface area contributed by atoms with Gasteiger partial charge in [-0.3, -0.25) is 10.1 Å². The summed E-state index contributed by atoms with van der Waals surface area (Å²) in [6.45, 7) is 0. The van der Waals surface area contributed by atoms with E-state index in [1.54, 1.807) is 24.4 Å². The SMILES string of the molecule is COc1cccc(-c2n[nH]c(-c3nccc4ccccc34)n2)c1O. The Bertz CT molecular complexity index is 1020. The van der Waals surface area contributed by atoms with E-state index in [9.17, 15) is 5.11 Å². The van der Waals surface area contributed by atoms with Crippen molar-refractivity contribution in [2.45, 2.75) is 0 Å². The van der Waals surface area contributed by atoms with E-state index < -0.39 is 0 Å². The summed E-state index contributed by atoms with van der Waals surface area (Å²) < 4.78 is 5.13. The molecule has 2 aromatic carbocycles. The highest BCUT2D eigenvalue weighted by atomic mass is 16.5. The van der Waals surface area contributed by atoms with Crippen molar-refractivity contribution in [3.63, 3.8) is 0 Å². The summed E-state index contributed by atoms with van der Waals surface area (Å²) in [4.78, 5) is 8.91. The van der Waals surface area contributed by atoms with Crippen molar-refractivity contribution in [3.8, 4) is 34.4 Å². The normalized spacial score (nSPS) is 10.9. The van der Waals surface area contributed by atoms with Crippen molar-refractivity contribution < 1.29 is 9.84 Å². The van der Waals surface area contributed by atoms with E-state index in [4.69, 9.17) is 4.74 Å². The molecule has 2 N–H and O–H groups in total. The lowest BCUT2D eigenvalue weighted by molar-refractivity contribution is 0.374. The number of hydrogen-bond donors (Lipinski definition) is 2. The molecular weight excluding hydrogens is 304 g/mol. The second-order valence-corrected chi connectivity index (χ2v) is 5.24. The van der Waals surface area contributed by atoms with Gasteiger partial charge >= 0.3 is 0 Å². The van der Waals surface area contributed by atoms with E-state index in [1.165, 1.54) is 7.11 Å². The highest BCUT2D eigenvalue weighted by Crippen LogP contribution is 2.35. The molecule has 2 heterocycles. The minimum Gasteiger partial charge on any atom is -0.504 e. The van der Waals surface area contributed by atoms with Crippen LogP contribution >= 0.6 is 0 Å². The largest absolute Gasteiger partial charge is 0.504 e. The summed E-state index contributed by atoms with van der Waals surface area (Å²) in [5.41, 5.74) is 1.21. The van der Waals surface area contributed by atoms with Crippen LogP contribution in [0.1, 0.15) is 0 Å². The van der Waals surface area contributed by atoms with E-state index in [2.05, 4.69) is 20.2 Å². The van der Waals surface area contributed by atoms with Gasteiger partial charge in [-0.05, 0) is 23.6 Å². The van der Waals surface area contributed by atoms with Gasteiger partial charge in [0.2, 0.25) is 0 Å². The van der Waals surface area contributed by atoms with Gasteiger partial charge in [0.05, 0.1) is 12.7 Å². The molecule has 0 saturated heterocycles. The van der Waals surface area contributed by atoms with Crippen LogP contribution in [0.4, 0.5) is 0 Å². The van der Waals surface area contributed by atoms with E-state index in [1.807, 2.05) is 30.3 Å². The number of phenolic OH excluding ortho intramolecular Hbond substituents is 1. The highest BCUT2D eigenvalue weighted by molar-refractivity contribution is 5.93. The number of ether oxygens (including phenoxy) is 1. The number of nitrogens with zero attached hydrogens (tertiary/aromatic N) is 3. The number of aromatic nitrogens is 4. The fraction of sp³-hybridized carbons (Fsp3) is 0.0556. The zero-order valence-corrected chi connectivity index (χ0v) is 12.9. The topological polar surface area (TPSA) is 83.9 Å². The molecule has 0 radical (unpaired) electrons. The molecule has 0 amide bonds. The zero-order chi connectivity index (χ0) is 16.5. The molecule has 4 rings (SSSR count). The maximum absolute atomic E-state index is 10.3. The maximum atomic E-state index is 10.3. The smallest absolute Gasteiger partial charge is 0.185 e. The third-order valence-corrected chi connectivity index (χ3v) is 3.84. The van der Waals surface area contributed by atoms with Crippen LogP contribution in [0.5, 0.6) is 11.5 Å². The van der Waals surface area contributed by atoms with Crippen LogP contribution in [-0.4, -0.2) is 32.4 Å². The first-order valence-corrected chi connectivity index (χ1v) is 7.41. The molecule has 6 heteroatoms. The Balaban J connectivity index is 1.83. The molecule has 4 aromatic rings. The molecule has 118 valence electrons. The minimum absolute atomic E-state index is 0.0106. The number of benzene rings is 2. The predicted octanol–water partition coefficient (Wildman–Crippen LogP) is 3.40. The monoisotopic (exact) mass is 318 g/mol. The number of nitrogens with one attached hydrogen (secondary N) is 1. The average molecular weight is 318 g/mol. The van der Waals surface area contributed by atoms with Crippen molar-refractivity contribution in [1.82, 2.24) is 20.2 Å². The number of para-hydroxylation sites is 1. The van der Waals surface area contributed by atoms with Gasteiger partial charge in [-0.25, -0.2) is 4.98 Å². The summed E-state index contributed by atoms with van der Waals surface area (Å²) in [6, 6.07) is 15.1. The highest BCUT2D eigenvalue weighted by Gasteiger charge is 2.16. The molecule has 0 atom stereocenters. The number of aromatic amines is 1. The van der Waals surface area contributed by atoms with Crippen LogP contribution in [0.2, 0.25) is 0 Å². The lowest BCUT2D eigenvalue weighted by Crippen LogP contribution is -1.89. The molecule has 6 nitrogen and oxygen atoms in total. The molecule has 0 unspecified atom stereocenters. The van der Waals surface area contributed by atoms with E-state index >= 15 is 0 Å². The molecule has 0 aliphatic heterocycles. The van der Waals surface area contributed by atoms with Crippen LogP contribution < -0.4 is 4.74 Å². The lowest BCUT2D eigenvalue weighted by atomic mass is 10.1. The van der Waals surface area contributed by atoms with E-state index in [0.717, 1.165) is 10.8 Å². The second kappa shape index (κ2) is 5.66. The molecule has 0 aliphatic carbocycles. The Labute approximate surface area is 137 Å². The van der Waals surface area contributed by atoms with Crippen LogP contribution in [0.15, 0.2) is 54.7 Å². The first-order chi connectivity index (χ1) is 11.8. The Kier molecular flexibility index (Phi) is 3.35. The average Bonchev–Trinajstić information content (AvgIpc) is 3.11. The Hall–Kier alpha value is -3.41. The second-order valence-electron chi connectivity index (χ2n) is 5.24. The number of hydrogen-bond acceptors (Lipinski definition) is 5. The summed E-state index contributed by atoms with van der Waals surface area (Å²) in [5.74, 6) is 1.32. The van der Waals surface area contributed by atoms with Gasteiger partial charge in [0.25, 0.3) is 0 Å². The summed E-state index contributed by atoms with van der Waals surface area (Å²) in [7, 11) is 1.50. The van der Waals surface area contributed by atoms with Crippen molar-refractivity contribution >= 4 is 10.8 Å². The minimum atomic E-state index is 0.0106. The molecule has 0 spiro atoms. The van der Waals surface area contributed by atoms with Gasteiger partial charge in [-0.2, -0.15) is 5.10 Å². The molecule has 0 fully saturated rings. The van der Waals surface area contributed by atoms with Crippen LogP contribution in [0.3, 0.4) is 0 Å². The third-order valence-electron chi connectivity index (χ3n) is 3.84. The number of rotatable bonds is 3. The van der Waals surface area contributed by atoms with Gasteiger partial charge < -0.3 is 9.84 Å². The van der Waals surface area contributed by atoms with Crippen molar-refractivity contribution in [2.75, 3.05) is 7.11 Å². The first kappa shape index (κ1) is 14.2. The van der Waals surface area contributed by atoms with Gasteiger partial charge in [0.15, 0.2) is 23.1 Å². The van der Waals surface area contributed by atoms with E-state index in [0.29, 0.717) is 28.7 Å². The lowest BCUT2D eigenvalue weighted by Gasteiger charge is -2.05. The summed E-state index contributed by atoms with van der Waals surface area (Å²) >= 11 is 0. The summed E-state index contributed by atoms with van der Waals surface area (Å²) in [5, 5.41) is 19.4. The quantitative estimate of drug-likeness (QED) is 0.605. The standard InChI is InChI=1S/C18H14N4O2/c1-24-14-8-4-7-13(16(14)23)17-20-18(22-21-17)15-12-6-3-2-5-11(12)9-10-19-15/h2-10,23H,1H3,(H,20,21,22). The Morgan fingerprint density at radius 1 is 1.04 bits per heavy atom. The number of phenols is 1. The van der Waals surface area contributed by atoms with Crippen molar-refractivity contribution in [3.05, 3.63) is 54.7 Å². The Morgan fingerprint density at radius 3 is 2.79 bits per heavy atom. The summed E-state index contributed by atoms with van der Waals surface area (Å²) in [6.07, 6.45) is 1.74. The van der Waals surface area contributed by atoms with Crippen LogP contribution in [0.25, 0.3) is 33.7 Å². The predicted molar refractivity (Wildman–Crippen MR) is 90.8 cm³/mol. The molecule has 0 bridgehead atoms. The van der Waals surface area contributed by atoms with Gasteiger partial charge in [0, 0.05) is 11.6 Å². The van der Waals surface area contributed by atoms with Gasteiger partial charge in [-0.15, -0.1) is 0 Å². The van der Waals surface area contributed by atoms with Gasteiger partial charge in [0.1, 0.15) is 5.69 Å². The molecule has 0 aliphatic rings. The molecular formula is C18H14N4O2. The van der Waals surface area contributed by atoms with Crippen LogP contribution in [0, 0.1) is 0 Å². The fourth-order valence-electron chi connectivity index (χ4n) is 2.66. The number of fused-ring (bicyclic) bond motifs is 1. The molecule has 2 aromatic heterocycles. The van der Waals surface area contributed by atoms with Crippen molar-refractivity contribution in [1.29, 1.82) is 0 Å². The van der Waals surface area contributed by atoms with E-state index in [-0.39, 0.29) is 5.75 Å². The number of methoxy groups -OCH3 is 1. The zero-order valence-electron chi connectivity index (χ0n) is 12.9. The fourth-order valence-corrected chi connectivity index (χ4v) is 2.66. The Morgan fingerprint density at radius 2 is 1.92 bits per heavy atom. The van der Waals surface area contributed by atoms with Gasteiger partial charge in [-0.1, -0.05) is 30.3 Å². The maximum Gasteiger partial charge on any atom is 0.185 e. The number of aromatic hydroxyl groups is 1. The first-order valence-electron chi connectivity index (χ1n) is 7.41. The van der Waals surface area contributed by atoms with Crippen molar-refractivity contribution in [2.24, 2.45) is 0 Å². The van der Waals surface area contributed by atoms with Crippen LogP contribution in [-0.2, 0) is 0 Å². The number of pyridine rings is 1. The molecule has 24 heavy (non-hydrogen) atoms.